The van der Waals surface area contributed by atoms with E-state index in [1.807, 2.05) is 0 Å². The lowest BCUT2D eigenvalue weighted by molar-refractivity contribution is -0.384. The van der Waals surface area contributed by atoms with Crippen LogP contribution in [-0.4, -0.2) is 35.4 Å². The Labute approximate surface area is 175 Å². The molecule has 0 fully saturated rings. The van der Waals surface area contributed by atoms with Crippen molar-refractivity contribution in [1.82, 2.24) is 5.32 Å². The molecular weight excluding hydrogens is 421 g/mol. The van der Waals surface area contributed by atoms with Gasteiger partial charge in [-0.05, 0) is 42.8 Å². The minimum Gasteiger partial charge on any atom is -0.451 e. The van der Waals surface area contributed by atoms with Crippen molar-refractivity contribution in [2.45, 2.75) is 19.4 Å². The van der Waals surface area contributed by atoms with Crippen molar-refractivity contribution in [3.63, 3.8) is 0 Å². The minimum absolute atomic E-state index is 0.0694. The summed E-state index contributed by atoms with van der Waals surface area (Å²) >= 11 is 5.69. The zero-order valence-electron chi connectivity index (χ0n) is 15.7. The highest BCUT2D eigenvalue weighted by Gasteiger charge is 2.22. The van der Waals surface area contributed by atoms with Gasteiger partial charge in [0.1, 0.15) is 17.4 Å². The zero-order chi connectivity index (χ0) is 22.3. The molecule has 0 saturated carbocycles. The molecule has 2 rings (SSSR count). The Morgan fingerprint density at radius 1 is 1.20 bits per heavy atom. The van der Waals surface area contributed by atoms with E-state index in [4.69, 9.17) is 16.3 Å². The van der Waals surface area contributed by atoms with Gasteiger partial charge >= 0.3 is 5.97 Å². The van der Waals surface area contributed by atoms with Crippen LogP contribution in [0, 0.1) is 15.9 Å². The Hall–Kier alpha value is -3.53. The van der Waals surface area contributed by atoms with E-state index in [1.165, 1.54) is 36.4 Å². The minimum atomic E-state index is -1.13. The summed E-state index contributed by atoms with van der Waals surface area (Å²) in [5, 5.41) is 15.5. The molecule has 2 N–H and O–H groups in total. The molecule has 30 heavy (non-hydrogen) atoms. The van der Waals surface area contributed by atoms with Crippen LogP contribution in [0.1, 0.15) is 23.7 Å². The first-order chi connectivity index (χ1) is 14.2. The van der Waals surface area contributed by atoms with Crippen molar-refractivity contribution in [1.29, 1.82) is 0 Å². The maximum Gasteiger partial charge on any atom is 0.326 e. The Morgan fingerprint density at radius 3 is 2.47 bits per heavy atom. The van der Waals surface area contributed by atoms with Crippen molar-refractivity contribution < 1.29 is 28.4 Å². The number of halogens is 2. The summed E-state index contributed by atoms with van der Waals surface area (Å²) in [5.74, 6) is -2.71. The zero-order valence-corrected chi connectivity index (χ0v) is 16.4. The van der Waals surface area contributed by atoms with Crippen LogP contribution < -0.4 is 10.6 Å². The Kier molecular flexibility index (Phi) is 7.82. The van der Waals surface area contributed by atoms with E-state index in [1.54, 1.807) is 6.92 Å². The first kappa shape index (κ1) is 22.8. The molecule has 0 aliphatic carbocycles. The number of nitro groups is 1. The van der Waals surface area contributed by atoms with E-state index in [2.05, 4.69) is 10.6 Å². The second-order valence-electron chi connectivity index (χ2n) is 5.99. The molecule has 0 spiro atoms. The molecule has 11 heteroatoms. The van der Waals surface area contributed by atoms with Gasteiger partial charge in [0.2, 0.25) is 0 Å². The van der Waals surface area contributed by atoms with Gasteiger partial charge in [-0.15, -0.1) is 0 Å². The predicted molar refractivity (Wildman–Crippen MR) is 106 cm³/mol. The fraction of sp³-hybridized carbons (Fsp3) is 0.211. The Morgan fingerprint density at radius 2 is 1.87 bits per heavy atom. The number of hydrogen-bond donors (Lipinski definition) is 2. The SMILES string of the molecule is CCC(OC(=O)CNC(=O)c1ccc(Cl)c([N+](=O)[O-])c1)C(=O)Nc1ccc(F)cc1. The number of nitro benzene ring substituents is 1. The van der Waals surface area contributed by atoms with Gasteiger partial charge in [0.05, 0.1) is 4.92 Å². The number of amides is 2. The van der Waals surface area contributed by atoms with Crippen molar-refractivity contribution in [2.75, 3.05) is 11.9 Å². The first-order valence-electron chi connectivity index (χ1n) is 8.69. The molecule has 2 aromatic rings. The number of nitrogens with one attached hydrogen (secondary N) is 2. The lowest BCUT2D eigenvalue weighted by atomic mass is 10.2. The van der Waals surface area contributed by atoms with E-state index < -0.39 is 46.9 Å². The molecule has 0 radical (unpaired) electrons. The van der Waals surface area contributed by atoms with E-state index in [-0.39, 0.29) is 17.0 Å². The number of hydrogen-bond acceptors (Lipinski definition) is 6. The molecule has 1 unspecified atom stereocenters. The summed E-state index contributed by atoms with van der Waals surface area (Å²) in [6.45, 7) is 1.06. The van der Waals surface area contributed by atoms with Crippen LogP contribution in [-0.2, 0) is 14.3 Å². The van der Waals surface area contributed by atoms with E-state index >= 15 is 0 Å². The molecular formula is C19H17ClFN3O6. The van der Waals surface area contributed by atoms with Crippen LogP contribution in [0.25, 0.3) is 0 Å². The standard InChI is InChI=1S/C19H17ClFN3O6/c1-2-16(19(27)23-13-6-4-12(21)5-7-13)30-17(25)10-22-18(26)11-3-8-14(20)15(9-11)24(28)29/h3-9,16H,2,10H2,1H3,(H,22,26)(H,23,27). The predicted octanol–water partition coefficient (Wildman–Crippen LogP) is 3.08. The van der Waals surface area contributed by atoms with Gasteiger partial charge in [-0.1, -0.05) is 18.5 Å². The van der Waals surface area contributed by atoms with Crippen LogP contribution in [0.2, 0.25) is 5.02 Å². The smallest absolute Gasteiger partial charge is 0.326 e. The van der Waals surface area contributed by atoms with Gasteiger partial charge in [-0.3, -0.25) is 24.5 Å². The average Bonchev–Trinajstić information content (AvgIpc) is 2.71. The monoisotopic (exact) mass is 437 g/mol. The maximum atomic E-state index is 12.9. The lowest BCUT2D eigenvalue weighted by Gasteiger charge is -2.16. The summed E-state index contributed by atoms with van der Waals surface area (Å²) < 4.78 is 18.0. The number of carbonyl (C=O) groups excluding carboxylic acids is 3. The molecule has 2 amide bonds. The second-order valence-corrected chi connectivity index (χ2v) is 6.40. The van der Waals surface area contributed by atoms with Crippen molar-refractivity contribution in [3.8, 4) is 0 Å². The molecule has 1 atom stereocenters. The average molecular weight is 438 g/mol. The molecule has 2 aromatic carbocycles. The third-order valence-electron chi connectivity index (χ3n) is 3.85. The van der Waals surface area contributed by atoms with Crippen LogP contribution in [0.15, 0.2) is 42.5 Å². The summed E-state index contributed by atoms with van der Waals surface area (Å²) in [6.07, 6.45) is -0.966. The molecule has 0 aliphatic rings. The van der Waals surface area contributed by atoms with Crippen molar-refractivity contribution >= 4 is 40.8 Å². The number of esters is 1. The number of carbonyl (C=O) groups is 3. The first-order valence-corrected chi connectivity index (χ1v) is 9.07. The van der Waals surface area contributed by atoms with Gasteiger partial charge in [0.15, 0.2) is 6.10 Å². The van der Waals surface area contributed by atoms with E-state index in [9.17, 15) is 28.9 Å². The summed E-state index contributed by atoms with van der Waals surface area (Å²) in [6, 6.07) is 8.48. The Balaban J connectivity index is 1.91. The van der Waals surface area contributed by atoms with E-state index in [0.29, 0.717) is 5.69 Å². The normalized spacial score (nSPS) is 11.3. The number of nitrogens with zero attached hydrogens (tertiary/aromatic N) is 1. The second kappa shape index (κ2) is 10.3. The summed E-state index contributed by atoms with van der Waals surface area (Å²) in [7, 11) is 0. The molecule has 9 nitrogen and oxygen atoms in total. The third kappa shape index (κ3) is 6.24. The number of anilines is 1. The largest absolute Gasteiger partial charge is 0.451 e. The Bertz CT molecular complexity index is 967. The van der Waals surface area contributed by atoms with Gasteiger partial charge in [0, 0.05) is 17.3 Å². The molecule has 0 aliphatic heterocycles. The highest BCUT2D eigenvalue weighted by molar-refractivity contribution is 6.32. The summed E-state index contributed by atoms with van der Waals surface area (Å²) in [4.78, 5) is 46.4. The molecule has 158 valence electrons. The highest BCUT2D eigenvalue weighted by atomic mass is 35.5. The summed E-state index contributed by atoms with van der Waals surface area (Å²) in [5.41, 5.74) is -0.191. The van der Waals surface area contributed by atoms with Crippen molar-refractivity contribution in [2.24, 2.45) is 0 Å². The van der Waals surface area contributed by atoms with E-state index in [0.717, 1.165) is 6.07 Å². The third-order valence-corrected chi connectivity index (χ3v) is 4.17. The van der Waals surface area contributed by atoms with Gasteiger partial charge in [-0.2, -0.15) is 0 Å². The maximum absolute atomic E-state index is 12.9. The van der Waals surface area contributed by atoms with Gasteiger partial charge < -0.3 is 15.4 Å². The molecule has 0 saturated heterocycles. The van der Waals surface area contributed by atoms with Gasteiger partial charge in [-0.25, -0.2) is 4.39 Å². The molecule has 0 heterocycles. The van der Waals surface area contributed by atoms with Crippen LogP contribution in [0.5, 0.6) is 0 Å². The quantitative estimate of drug-likeness (QED) is 0.371. The number of rotatable bonds is 8. The fourth-order valence-electron chi connectivity index (χ4n) is 2.33. The van der Waals surface area contributed by atoms with Crippen molar-refractivity contribution in [3.05, 3.63) is 69.0 Å². The molecule has 0 aromatic heterocycles. The lowest BCUT2D eigenvalue weighted by Crippen LogP contribution is -2.37. The molecule has 0 bridgehead atoms. The van der Waals surface area contributed by atoms with Gasteiger partial charge in [0.25, 0.3) is 17.5 Å². The van der Waals surface area contributed by atoms with Crippen LogP contribution in [0.4, 0.5) is 15.8 Å². The topological polar surface area (TPSA) is 128 Å². The fourth-order valence-corrected chi connectivity index (χ4v) is 2.51. The van der Waals surface area contributed by atoms with Crippen LogP contribution >= 0.6 is 11.6 Å². The number of benzene rings is 2. The van der Waals surface area contributed by atoms with Crippen LogP contribution in [0.3, 0.4) is 0 Å². The number of ether oxygens (including phenoxy) is 1. The highest BCUT2D eigenvalue weighted by Crippen LogP contribution is 2.25.